The van der Waals surface area contributed by atoms with Crippen molar-refractivity contribution in [2.24, 2.45) is 0 Å². The number of hydrogen-bond acceptors (Lipinski definition) is 4. The van der Waals surface area contributed by atoms with Gasteiger partial charge in [0.15, 0.2) is 0 Å². The van der Waals surface area contributed by atoms with Crippen LogP contribution in [0.15, 0.2) is 84.9 Å². The summed E-state index contributed by atoms with van der Waals surface area (Å²) < 4.78 is 0. The third-order valence-electron chi connectivity index (χ3n) is 24.3. The summed E-state index contributed by atoms with van der Waals surface area (Å²) >= 11 is 0. The molecule has 0 atom stereocenters. The second-order valence-electron chi connectivity index (χ2n) is 34.9. The molecule has 8 nitrogen and oxygen atoms in total. The predicted molar refractivity (Wildman–Crippen MR) is 460 cm³/mol. The minimum atomic E-state index is -0.0796. The van der Waals surface area contributed by atoms with Gasteiger partial charge in [-0.3, -0.25) is 0 Å². The molecule has 9 aromatic rings. The van der Waals surface area contributed by atoms with Gasteiger partial charge in [-0.25, -0.2) is 19.9 Å². The molecule has 4 aliphatic heterocycles. The second kappa shape index (κ2) is 27.6. The molecule has 0 aliphatic carbocycles. The molecular formula is C98H118N8. The second-order valence-corrected chi connectivity index (χ2v) is 34.9. The van der Waals surface area contributed by atoms with Crippen LogP contribution < -0.4 is 0 Å². The predicted octanol–water partition coefficient (Wildman–Crippen LogP) is 27.6. The molecule has 0 spiro atoms. The van der Waals surface area contributed by atoms with Crippen molar-refractivity contribution in [3.05, 3.63) is 197 Å². The van der Waals surface area contributed by atoms with Crippen molar-refractivity contribution >= 4 is 88.7 Å². The van der Waals surface area contributed by atoms with Crippen molar-refractivity contribution in [2.45, 2.75) is 267 Å². The fraction of sp³-hybridized carbons (Fsp3) is 0.408. The third-order valence-corrected chi connectivity index (χ3v) is 24.3. The highest BCUT2D eigenvalue weighted by molar-refractivity contribution is 6.07. The van der Waals surface area contributed by atoms with E-state index in [-0.39, 0.29) is 21.7 Å². The molecule has 550 valence electrons. The van der Waals surface area contributed by atoms with Crippen molar-refractivity contribution in [3.8, 4) is 44.5 Å². The standard InChI is InChI=1S/C98H118N8/c1-29-67-51(9)87-83(88-52(10)68(30-2)76(100-88)48-80-72(34-6)56(14)92(104-80)85(91-55(13)71(33-5)79(103-91)47-75(67)99-87)61-41-63(95(17,18)19)45-64(42-61)96(20,21)22)59-37-39-60(40-38-59)84-89-53(11)69(31-3)77(101-89)49-81-73(35-7)57(15)93(105-81)86(62-43-65(97(23,24)25)46-66(44-62)98(26,27)28)94-58(16)74(36-8)82(106-94)50-78-70(32-4)54(12)90(84)102-78/h37-50,99,101,104,106H,29-36H2,1-28H3. The molecule has 0 radical (unpaired) electrons. The smallest absolute Gasteiger partial charge is 0.0769 e. The van der Waals surface area contributed by atoms with Gasteiger partial charge in [0.2, 0.25) is 0 Å². The Morgan fingerprint density at radius 2 is 0.453 bits per heavy atom. The fourth-order valence-corrected chi connectivity index (χ4v) is 17.8. The summed E-state index contributed by atoms with van der Waals surface area (Å²) in [7, 11) is 0. The van der Waals surface area contributed by atoms with Gasteiger partial charge < -0.3 is 19.9 Å². The van der Waals surface area contributed by atoms with Crippen LogP contribution in [0.4, 0.5) is 0 Å². The lowest BCUT2D eigenvalue weighted by atomic mass is 9.78. The van der Waals surface area contributed by atoms with E-state index >= 15 is 0 Å². The average Bonchev–Trinajstić information content (AvgIpc) is 1.58. The Morgan fingerprint density at radius 3 is 0.632 bits per heavy atom. The summed E-state index contributed by atoms with van der Waals surface area (Å²) in [6, 6.07) is 33.6. The van der Waals surface area contributed by atoms with Crippen molar-refractivity contribution in [1.29, 1.82) is 0 Å². The number of aromatic nitrogens is 8. The summed E-state index contributed by atoms with van der Waals surface area (Å²) in [6.07, 6.45) is 6.74. The highest BCUT2D eigenvalue weighted by Gasteiger charge is 2.32. The first-order chi connectivity index (χ1) is 50.0. The molecule has 6 aromatic heterocycles. The number of H-pyrrole nitrogens is 4. The molecule has 106 heavy (non-hydrogen) atoms. The molecular weight excluding hydrogens is 1290 g/mol. The monoisotopic (exact) mass is 1410 g/mol. The summed E-state index contributed by atoms with van der Waals surface area (Å²) in [6.45, 7) is 64.9. The third kappa shape index (κ3) is 12.7. The molecule has 3 aromatic carbocycles. The molecule has 16 bridgehead atoms. The summed E-state index contributed by atoms with van der Waals surface area (Å²) in [5.74, 6) is 0. The van der Waals surface area contributed by atoms with E-state index in [1.54, 1.807) is 0 Å². The molecule has 10 heterocycles. The van der Waals surface area contributed by atoms with Crippen LogP contribution in [-0.4, -0.2) is 39.9 Å². The molecule has 0 fully saturated rings. The quantitative estimate of drug-likeness (QED) is 0.0975. The van der Waals surface area contributed by atoms with E-state index in [9.17, 15) is 0 Å². The van der Waals surface area contributed by atoms with Gasteiger partial charge in [0, 0.05) is 44.3 Å². The van der Waals surface area contributed by atoms with Crippen LogP contribution in [0.1, 0.15) is 304 Å². The van der Waals surface area contributed by atoms with Gasteiger partial charge in [-0.05, 0) is 286 Å². The normalized spacial score (nSPS) is 14.0. The van der Waals surface area contributed by atoms with E-state index in [0.29, 0.717) is 0 Å². The number of aromatic amines is 4. The molecule has 13 rings (SSSR count). The van der Waals surface area contributed by atoms with Crippen molar-refractivity contribution in [3.63, 3.8) is 0 Å². The molecule has 0 saturated heterocycles. The minimum Gasteiger partial charge on any atom is -0.354 e. The van der Waals surface area contributed by atoms with E-state index < -0.39 is 0 Å². The van der Waals surface area contributed by atoms with Crippen LogP contribution in [0.3, 0.4) is 0 Å². The topological polar surface area (TPSA) is 115 Å². The number of aryl methyl sites for hydroxylation is 8. The van der Waals surface area contributed by atoms with Gasteiger partial charge in [0.25, 0.3) is 0 Å². The first kappa shape index (κ1) is 75.1. The fourth-order valence-electron chi connectivity index (χ4n) is 17.8. The van der Waals surface area contributed by atoms with Crippen LogP contribution in [0.25, 0.3) is 133 Å². The molecule has 4 aliphatic rings. The Morgan fingerprint density at radius 1 is 0.255 bits per heavy atom. The van der Waals surface area contributed by atoms with E-state index in [2.05, 4.69) is 299 Å². The highest BCUT2D eigenvalue weighted by atomic mass is 14.8. The number of fused-ring (bicyclic) bond motifs is 16. The zero-order valence-corrected chi connectivity index (χ0v) is 69.5. The highest BCUT2D eigenvalue weighted by Crippen LogP contribution is 2.50. The van der Waals surface area contributed by atoms with Crippen LogP contribution in [0, 0.1) is 27.7 Å². The summed E-state index contributed by atoms with van der Waals surface area (Å²) in [5.41, 5.74) is 50.9. The van der Waals surface area contributed by atoms with E-state index in [4.69, 9.17) is 19.9 Å². The summed E-state index contributed by atoms with van der Waals surface area (Å²) in [5, 5.41) is 0. The van der Waals surface area contributed by atoms with Crippen LogP contribution in [0.5, 0.6) is 0 Å². The Labute approximate surface area is 633 Å². The maximum atomic E-state index is 5.91. The van der Waals surface area contributed by atoms with Crippen LogP contribution >= 0.6 is 0 Å². The Hall–Kier alpha value is -9.14. The lowest BCUT2D eigenvalue weighted by molar-refractivity contribution is 0.568. The van der Waals surface area contributed by atoms with Crippen molar-refractivity contribution in [1.82, 2.24) is 39.9 Å². The zero-order chi connectivity index (χ0) is 76.6. The Balaban J connectivity index is 1.12. The number of allylic oxidation sites excluding steroid dienone is 8. The SMILES string of the molecule is CCC1=C(C)c2nc1cc1[nH]c(c(C)c1CC)c(-c1ccc(-c3c4nc(cc5[nH]c(c(C)c5CC)c(-c5cc(C(C)(C)C)cc(C(C)(C)C)c5)c5nc(cc6[nH]c3c(C)c6CC)C(CC)=C5C)C(CC)=C4C)cc1)c1nc(cc3[nH]c(c(C)c3CC)c2-c2cc(C(C)(C)C)cc(C(C)(C)C)c2)C(CC)=C1C. The Bertz CT molecular complexity index is 5240. The zero-order valence-electron chi connectivity index (χ0n) is 69.5. The molecule has 8 heteroatoms. The van der Waals surface area contributed by atoms with Gasteiger partial charge in [0.1, 0.15) is 0 Å². The first-order valence-corrected chi connectivity index (χ1v) is 39.9. The van der Waals surface area contributed by atoms with E-state index in [1.807, 2.05) is 0 Å². The van der Waals surface area contributed by atoms with Gasteiger partial charge in [0.05, 0.1) is 67.6 Å². The molecule has 0 amide bonds. The largest absolute Gasteiger partial charge is 0.354 e. The first-order valence-electron chi connectivity index (χ1n) is 39.9. The van der Waals surface area contributed by atoms with Gasteiger partial charge in [-0.1, -0.05) is 199 Å². The number of rotatable bonds is 12. The van der Waals surface area contributed by atoms with Crippen molar-refractivity contribution in [2.75, 3.05) is 0 Å². The minimum absolute atomic E-state index is 0.0796. The number of nitrogens with one attached hydrogen (secondary N) is 4. The molecule has 0 unspecified atom stereocenters. The van der Waals surface area contributed by atoms with Crippen molar-refractivity contribution < 1.29 is 0 Å². The van der Waals surface area contributed by atoms with E-state index in [0.717, 1.165) is 174 Å². The number of hydrogen-bond donors (Lipinski definition) is 4. The van der Waals surface area contributed by atoms with E-state index in [1.165, 1.54) is 122 Å². The van der Waals surface area contributed by atoms with Gasteiger partial charge in [-0.2, -0.15) is 0 Å². The lowest BCUT2D eigenvalue weighted by Gasteiger charge is -2.26. The maximum absolute atomic E-state index is 5.91. The number of nitrogens with zero attached hydrogens (tertiary/aromatic N) is 4. The molecule has 4 N–H and O–H groups in total. The van der Waals surface area contributed by atoms with Gasteiger partial charge in [-0.15, -0.1) is 0 Å². The maximum Gasteiger partial charge on any atom is 0.0769 e. The Kier molecular flexibility index (Phi) is 19.5. The average molecular weight is 1410 g/mol. The number of benzene rings is 3. The van der Waals surface area contributed by atoms with Gasteiger partial charge >= 0.3 is 0 Å². The molecule has 0 saturated carbocycles. The summed E-state index contributed by atoms with van der Waals surface area (Å²) in [4.78, 5) is 40.3. The lowest BCUT2D eigenvalue weighted by Crippen LogP contribution is -2.16. The van der Waals surface area contributed by atoms with Crippen LogP contribution in [0.2, 0.25) is 0 Å². The van der Waals surface area contributed by atoms with Crippen LogP contribution in [-0.2, 0) is 47.3 Å².